The Bertz CT molecular complexity index is 602. The lowest BCUT2D eigenvalue weighted by molar-refractivity contribution is -0.128. The number of likely N-dealkylation sites (N-methyl/N-ethyl adjacent to an activating group) is 1. The van der Waals surface area contributed by atoms with Gasteiger partial charge in [0.1, 0.15) is 11.3 Å². The van der Waals surface area contributed by atoms with Gasteiger partial charge in [-0.2, -0.15) is 0 Å². The van der Waals surface area contributed by atoms with E-state index in [9.17, 15) is 4.79 Å². The van der Waals surface area contributed by atoms with Crippen molar-refractivity contribution in [2.45, 2.75) is 26.3 Å². The molecule has 2 heterocycles. The van der Waals surface area contributed by atoms with Gasteiger partial charge in [-0.3, -0.25) is 4.79 Å². The van der Waals surface area contributed by atoms with Crippen LogP contribution in [0.25, 0.3) is 11.0 Å². The smallest absolute Gasteiger partial charge is 0.222 e. The van der Waals surface area contributed by atoms with Crippen molar-refractivity contribution >= 4 is 16.9 Å². The Hall–Kier alpha value is -1.81. The number of benzene rings is 1. The molecule has 0 spiro atoms. The number of furan rings is 1. The summed E-state index contributed by atoms with van der Waals surface area (Å²) in [5, 5.41) is 4.54. The van der Waals surface area contributed by atoms with Gasteiger partial charge in [-0.05, 0) is 24.6 Å². The van der Waals surface area contributed by atoms with Crippen molar-refractivity contribution in [3.63, 3.8) is 0 Å². The molecule has 0 aliphatic carbocycles. The highest BCUT2D eigenvalue weighted by Crippen LogP contribution is 2.26. The van der Waals surface area contributed by atoms with E-state index in [0.29, 0.717) is 18.9 Å². The fourth-order valence-electron chi connectivity index (χ4n) is 3.04. The molecule has 4 nitrogen and oxygen atoms in total. The monoisotopic (exact) mass is 286 g/mol. The molecule has 3 rings (SSSR count). The van der Waals surface area contributed by atoms with E-state index in [4.69, 9.17) is 4.42 Å². The van der Waals surface area contributed by atoms with Crippen molar-refractivity contribution < 1.29 is 9.21 Å². The second-order valence-corrected chi connectivity index (χ2v) is 5.90. The maximum Gasteiger partial charge on any atom is 0.222 e. The first-order valence-corrected chi connectivity index (χ1v) is 7.67. The predicted octanol–water partition coefficient (Wildman–Crippen LogP) is 2.95. The van der Waals surface area contributed by atoms with Crippen LogP contribution in [0.1, 0.15) is 32.1 Å². The lowest BCUT2D eigenvalue weighted by Crippen LogP contribution is -2.36. The molecule has 0 bridgehead atoms. The Morgan fingerprint density at radius 2 is 2.24 bits per heavy atom. The highest BCUT2D eigenvalue weighted by molar-refractivity contribution is 5.79. The predicted molar refractivity (Wildman–Crippen MR) is 83.0 cm³/mol. The molecule has 4 heteroatoms. The molecule has 21 heavy (non-hydrogen) atoms. The van der Waals surface area contributed by atoms with E-state index >= 15 is 0 Å². The van der Waals surface area contributed by atoms with Crippen molar-refractivity contribution in [2.24, 2.45) is 5.92 Å². The molecule has 2 unspecified atom stereocenters. The maximum atomic E-state index is 12.0. The van der Waals surface area contributed by atoms with E-state index < -0.39 is 0 Å². The third-order valence-electron chi connectivity index (χ3n) is 4.05. The summed E-state index contributed by atoms with van der Waals surface area (Å²) < 4.78 is 5.95. The number of nitrogens with one attached hydrogen (secondary N) is 1. The van der Waals surface area contributed by atoms with Crippen LogP contribution < -0.4 is 5.32 Å². The van der Waals surface area contributed by atoms with Crippen LogP contribution in [-0.2, 0) is 4.79 Å². The molecule has 1 amide bonds. The molecule has 2 aromatic rings. The van der Waals surface area contributed by atoms with Crippen molar-refractivity contribution in [3.8, 4) is 0 Å². The number of rotatable bonds is 5. The zero-order valence-corrected chi connectivity index (χ0v) is 12.6. The fourth-order valence-corrected chi connectivity index (χ4v) is 3.04. The van der Waals surface area contributed by atoms with Gasteiger partial charge in [-0.15, -0.1) is 0 Å². The first kappa shape index (κ1) is 14.1. The summed E-state index contributed by atoms with van der Waals surface area (Å²) in [4.78, 5) is 13.9. The van der Waals surface area contributed by atoms with Crippen LogP contribution in [0.4, 0.5) is 0 Å². The van der Waals surface area contributed by atoms with E-state index in [1.807, 2.05) is 23.1 Å². The summed E-state index contributed by atoms with van der Waals surface area (Å²) in [6.07, 6.45) is 0.666. The van der Waals surface area contributed by atoms with Crippen LogP contribution >= 0.6 is 0 Å². The highest BCUT2D eigenvalue weighted by atomic mass is 16.3. The molecule has 1 aromatic carbocycles. The Labute approximate surface area is 125 Å². The molecule has 0 saturated carbocycles. The summed E-state index contributed by atoms with van der Waals surface area (Å²) in [7, 11) is 0. The number of amides is 1. The molecular formula is C17H22N2O2. The molecule has 0 radical (unpaired) electrons. The van der Waals surface area contributed by atoms with E-state index in [0.717, 1.165) is 29.8 Å². The van der Waals surface area contributed by atoms with Gasteiger partial charge in [0.15, 0.2) is 0 Å². The largest absolute Gasteiger partial charge is 0.459 e. The Morgan fingerprint density at radius 3 is 2.90 bits per heavy atom. The molecule has 1 N–H and O–H groups in total. The minimum atomic E-state index is 0.0525. The molecule has 1 aliphatic rings. The minimum Gasteiger partial charge on any atom is -0.459 e. The van der Waals surface area contributed by atoms with E-state index in [1.54, 1.807) is 0 Å². The van der Waals surface area contributed by atoms with Crippen LogP contribution in [-0.4, -0.2) is 30.4 Å². The van der Waals surface area contributed by atoms with Crippen molar-refractivity contribution in [2.75, 3.05) is 19.6 Å². The van der Waals surface area contributed by atoms with Gasteiger partial charge in [0, 0.05) is 24.9 Å². The van der Waals surface area contributed by atoms with Gasteiger partial charge in [0.05, 0.1) is 6.04 Å². The van der Waals surface area contributed by atoms with Gasteiger partial charge in [0.25, 0.3) is 0 Å². The second kappa shape index (κ2) is 5.90. The molecule has 1 aromatic heterocycles. The molecule has 1 fully saturated rings. The molecule has 1 saturated heterocycles. The van der Waals surface area contributed by atoms with Crippen LogP contribution in [0.2, 0.25) is 0 Å². The molecule has 1 aliphatic heterocycles. The van der Waals surface area contributed by atoms with E-state index in [-0.39, 0.29) is 11.9 Å². The maximum absolute atomic E-state index is 12.0. The van der Waals surface area contributed by atoms with Crippen LogP contribution in [0, 0.1) is 5.92 Å². The number of carbonyl (C=O) groups excluding carboxylic acids is 1. The Kier molecular flexibility index (Phi) is 3.97. The van der Waals surface area contributed by atoms with Gasteiger partial charge >= 0.3 is 0 Å². The first-order chi connectivity index (χ1) is 10.2. The van der Waals surface area contributed by atoms with Gasteiger partial charge < -0.3 is 14.6 Å². The third-order valence-corrected chi connectivity index (χ3v) is 4.05. The zero-order chi connectivity index (χ0) is 14.8. The summed E-state index contributed by atoms with van der Waals surface area (Å²) in [5.41, 5.74) is 0.900. The summed E-state index contributed by atoms with van der Waals surface area (Å²) in [5.74, 6) is 1.61. The lowest BCUT2D eigenvalue weighted by atomic mass is 10.1. The molecule has 112 valence electrons. The molecular weight excluding hydrogens is 264 g/mol. The average Bonchev–Trinajstić information content (AvgIpc) is 3.01. The zero-order valence-electron chi connectivity index (χ0n) is 12.6. The number of likely N-dealkylation sites (tertiary alicyclic amines) is 1. The Morgan fingerprint density at radius 1 is 1.43 bits per heavy atom. The number of carbonyl (C=O) groups is 1. The number of fused-ring (bicyclic) bond motifs is 1. The standard InChI is InChI=1S/C17H22N2O2/c1-3-18-14(11-19-10-12(2)8-17(19)20)16-9-13-6-4-5-7-15(13)21-16/h4-7,9,12,14,18H,3,8,10-11H2,1-2H3. The normalized spacial score (nSPS) is 20.4. The first-order valence-electron chi connectivity index (χ1n) is 7.67. The highest BCUT2D eigenvalue weighted by Gasteiger charge is 2.29. The van der Waals surface area contributed by atoms with Crippen molar-refractivity contribution in [3.05, 3.63) is 36.1 Å². The number of hydrogen-bond donors (Lipinski definition) is 1. The number of para-hydroxylation sites is 1. The van der Waals surface area contributed by atoms with Crippen LogP contribution in [0.15, 0.2) is 34.7 Å². The van der Waals surface area contributed by atoms with E-state index in [2.05, 4.69) is 31.3 Å². The summed E-state index contributed by atoms with van der Waals surface area (Å²) >= 11 is 0. The summed E-state index contributed by atoms with van der Waals surface area (Å²) in [6.45, 7) is 6.57. The van der Waals surface area contributed by atoms with Gasteiger partial charge in [-0.1, -0.05) is 32.0 Å². The average molecular weight is 286 g/mol. The number of nitrogens with zero attached hydrogens (tertiary/aromatic N) is 1. The SMILES string of the molecule is CCNC(CN1CC(C)CC1=O)c1cc2ccccc2o1. The quantitative estimate of drug-likeness (QED) is 0.919. The van der Waals surface area contributed by atoms with Crippen molar-refractivity contribution in [1.29, 1.82) is 0 Å². The third kappa shape index (κ3) is 2.95. The van der Waals surface area contributed by atoms with Gasteiger partial charge in [0.2, 0.25) is 5.91 Å². The minimum absolute atomic E-state index is 0.0525. The van der Waals surface area contributed by atoms with E-state index in [1.165, 1.54) is 0 Å². The number of hydrogen-bond acceptors (Lipinski definition) is 3. The summed E-state index contributed by atoms with van der Waals surface area (Å²) in [6, 6.07) is 10.1. The van der Waals surface area contributed by atoms with Crippen molar-refractivity contribution in [1.82, 2.24) is 10.2 Å². The Balaban J connectivity index is 1.82. The molecule has 2 atom stereocenters. The topological polar surface area (TPSA) is 45.5 Å². The van der Waals surface area contributed by atoms with Crippen LogP contribution in [0.5, 0.6) is 0 Å². The van der Waals surface area contributed by atoms with Gasteiger partial charge in [-0.25, -0.2) is 0 Å². The fraction of sp³-hybridized carbons (Fsp3) is 0.471. The van der Waals surface area contributed by atoms with Crippen LogP contribution in [0.3, 0.4) is 0 Å². The second-order valence-electron chi connectivity index (χ2n) is 5.90. The lowest BCUT2D eigenvalue weighted by Gasteiger charge is -2.23.